The maximum atomic E-state index is 5.16. The second kappa shape index (κ2) is 5.79. The Hall–Kier alpha value is -1.40. The van der Waals surface area contributed by atoms with Gasteiger partial charge in [0.2, 0.25) is 6.39 Å². The number of nitrogens with zero attached hydrogens (tertiary/aromatic N) is 2. The van der Waals surface area contributed by atoms with Gasteiger partial charge in [-0.25, -0.2) is 0 Å². The molecule has 0 fully saturated rings. The number of rotatable bonds is 5. The third-order valence-electron chi connectivity index (χ3n) is 2.24. The molecule has 2 aromatic rings. The van der Waals surface area contributed by atoms with Crippen LogP contribution in [0.2, 0.25) is 0 Å². The van der Waals surface area contributed by atoms with Crippen LogP contribution in [0.5, 0.6) is 5.75 Å². The van der Waals surface area contributed by atoms with Crippen LogP contribution in [-0.2, 0) is 13.1 Å². The minimum atomic E-state index is 0.583. The Kier molecular flexibility index (Phi) is 4.11. The van der Waals surface area contributed by atoms with E-state index in [1.165, 1.54) is 6.39 Å². The predicted octanol–water partition coefficient (Wildman–Crippen LogP) is 2.13. The molecule has 0 bridgehead atoms. The normalized spacial score (nSPS) is 10.5. The number of hydrogen-bond acceptors (Lipinski definition) is 5. The van der Waals surface area contributed by atoms with Crippen LogP contribution in [0.4, 0.5) is 0 Å². The molecule has 0 unspecified atom stereocenters. The van der Waals surface area contributed by atoms with E-state index >= 15 is 0 Å². The SMILES string of the molecule is COc1ccc(CNCc2ncon2)cc1Br. The molecule has 0 saturated heterocycles. The first-order valence-electron chi connectivity index (χ1n) is 5.08. The quantitative estimate of drug-likeness (QED) is 0.916. The zero-order chi connectivity index (χ0) is 12.1. The Morgan fingerprint density at radius 2 is 2.29 bits per heavy atom. The molecule has 1 aromatic carbocycles. The number of halogens is 1. The molecule has 0 aliphatic heterocycles. The smallest absolute Gasteiger partial charge is 0.213 e. The van der Waals surface area contributed by atoms with Gasteiger partial charge < -0.3 is 14.6 Å². The maximum absolute atomic E-state index is 5.16. The third kappa shape index (κ3) is 3.28. The van der Waals surface area contributed by atoms with Gasteiger partial charge >= 0.3 is 0 Å². The van der Waals surface area contributed by atoms with Crippen LogP contribution in [0.3, 0.4) is 0 Å². The Bertz CT molecular complexity index is 474. The summed E-state index contributed by atoms with van der Waals surface area (Å²) in [6.07, 6.45) is 1.32. The number of methoxy groups -OCH3 is 1. The van der Waals surface area contributed by atoms with Crippen LogP contribution < -0.4 is 10.1 Å². The Morgan fingerprint density at radius 3 is 2.94 bits per heavy atom. The second-order valence-electron chi connectivity index (χ2n) is 3.42. The van der Waals surface area contributed by atoms with Gasteiger partial charge in [-0.3, -0.25) is 0 Å². The molecular weight excluding hydrogens is 286 g/mol. The lowest BCUT2D eigenvalue weighted by Gasteiger charge is -2.06. The summed E-state index contributed by atoms with van der Waals surface area (Å²) in [5.74, 6) is 1.48. The van der Waals surface area contributed by atoms with E-state index in [1.54, 1.807) is 7.11 Å². The van der Waals surface area contributed by atoms with Crippen LogP contribution in [-0.4, -0.2) is 17.3 Å². The minimum Gasteiger partial charge on any atom is -0.496 e. The van der Waals surface area contributed by atoms with Gasteiger partial charge in [0, 0.05) is 6.54 Å². The van der Waals surface area contributed by atoms with Crippen molar-refractivity contribution < 1.29 is 9.26 Å². The fraction of sp³-hybridized carbons (Fsp3) is 0.273. The van der Waals surface area contributed by atoms with Crippen molar-refractivity contribution in [2.45, 2.75) is 13.1 Å². The van der Waals surface area contributed by atoms with E-state index in [2.05, 4.69) is 35.9 Å². The van der Waals surface area contributed by atoms with Gasteiger partial charge in [0.25, 0.3) is 0 Å². The summed E-state index contributed by atoms with van der Waals surface area (Å²) in [4.78, 5) is 3.92. The molecule has 1 aromatic heterocycles. The summed E-state index contributed by atoms with van der Waals surface area (Å²) in [6, 6.07) is 5.95. The fourth-order valence-corrected chi connectivity index (χ4v) is 2.00. The molecule has 0 spiro atoms. The van der Waals surface area contributed by atoms with Crippen molar-refractivity contribution >= 4 is 15.9 Å². The molecule has 5 nitrogen and oxygen atoms in total. The maximum Gasteiger partial charge on any atom is 0.213 e. The van der Waals surface area contributed by atoms with Gasteiger partial charge in [0.1, 0.15) is 5.75 Å². The van der Waals surface area contributed by atoms with Crippen molar-refractivity contribution in [1.82, 2.24) is 15.5 Å². The molecule has 90 valence electrons. The van der Waals surface area contributed by atoms with Gasteiger partial charge in [0.15, 0.2) is 5.82 Å². The van der Waals surface area contributed by atoms with Crippen molar-refractivity contribution in [3.8, 4) is 5.75 Å². The highest BCUT2D eigenvalue weighted by Crippen LogP contribution is 2.25. The zero-order valence-corrected chi connectivity index (χ0v) is 10.9. The molecule has 2 rings (SSSR count). The van der Waals surface area contributed by atoms with Crippen LogP contribution in [0, 0.1) is 0 Å². The topological polar surface area (TPSA) is 60.2 Å². The number of aromatic nitrogens is 2. The molecule has 0 atom stereocenters. The largest absolute Gasteiger partial charge is 0.496 e. The zero-order valence-electron chi connectivity index (χ0n) is 9.31. The molecule has 0 aliphatic carbocycles. The standard InChI is InChI=1S/C11H12BrN3O2/c1-16-10-3-2-8(4-9(10)12)5-13-6-11-14-7-17-15-11/h2-4,7,13H,5-6H2,1H3. The van der Waals surface area contributed by atoms with E-state index < -0.39 is 0 Å². The van der Waals surface area contributed by atoms with Crippen LogP contribution in [0.25, 0.3) is 0 Å². The molecular formula is C11H12BrN3O2. The third-order valence-corrected chi connectivity index (χ3v) is 2.86. The summed E-state index contributed by atoms with van der Waals surface area (Å²) >= 11 is 3.45. The lowest BCUT2D eigenvalue weighted by molar-refractivity contribution is 0.407. The van der Waals surface area contributed by atoms with Crippen molar-refractivity contribution in [3.05, 3.63) is 40.5 Å². The first-order chi connectivity index (χ1) is 8.29. The lowest BCUT2D eigenvalue weighted by Crippen LogP contribution is -2.13. The summed E-state index contributed by atoms with van der Waals surface area (Å²) in [5, 5.41) is 6.94. The van der Waals surface area contributed by atoms with Gasteiger partial charge in [-0.15, -0.1) is 0 Å². The van der Waals surface area contributed by atoms with Gasteiger partial charge in [-0.1, -0.05) is 11.2 Å². The van der Waals surface area contributed by atoms with Crippen molar-refractivity contribution in [3.63, 3.8) is 0 Å². The van der Waals surface area contributed by atoms with E-state index in [4.69, 9.17) is 4.74 Å². The first kappa shape index (κ1) is 12.1. The highest BCUT2D eigenvalue weighted by atomic mass is 79.9. The monoisotopic (exact) mass is 297 g/mol. The van der Waals surface area contributed by atoms with Gasteiger partial charge in [-0.05, 0) is 33.6 Å². The average molecular weight is 298 g/mol. The number of nitrogens with one attached hydrogen (secondary N) is 1. The van der Waals surface area contributed by atoms with Crippen molar-refractivity contribution in [1.29, 1.82) is 0 Å². The van der Waals surface area contributed by atoms with E-state index in [1.807, 2.05) is 18.2 Å². The van der Waals surface area contributed by atoms with Crippen molar-refractivity contribution in [2.75, 3.05) is 7.11 Å². The highest BCUT2D eigenvalue weighted by Gasteiger charge is 2.02. The van der Waals surface area contributed by atoms with E-state index in [9.17, 15) is 0 Å². The molecule has 0 radical (unpaired) electrons. The Morgan fingerprint density at radius 1 is 1.41 bits per heavy atom. The molecule has 0 saturated carbocycles. The molecule has 17 heavy (non-hydrogen) atoms. The fourth-order valence-electron chi connectivity index (χ4n) is 1.41. The average Bonchev–Trinajstić information content (AvgIpc) is 2.82. The predicted molar refractivity (Wildman–Crippen MR) is 65.5 cm³/mol. The summed E-state index contributed by atoms with van der Waals surface area (Å²) in [7, 11) is 1.65. The Labute approximate surface area is 107 Å². The molecule has 0 aliphatic rings. The first-order valence-corrected chi connectivity index (χ1v) is 5.87. The van der Waals surface area contributed by atoms with Crippen molar-refractivity contribution in [2.24, 2.45) is 0 Å². The minimum absolute atomic E-state index is 0.583. The molecule has 1 heterocycles. The van der Waals surface area contributed by atoms with Gasteiger partial charge in [-0.2, -0.15) is 4.98 Å². The lowest BCUT2D eigenvalue weighted by atomic mass is 10.2. The molecule has 1 N–H and O–H groups in total. The Balaban J connectivity index is 1.89. The number of benzene rings is 1. The van der Waals surface area contributed by atoms with Crippen LogP contribution >= 0.6 is 15.9 Å². The van der Waals surface area contributed by atoms with E-state index in [-0.39, 0.29) is 0 Å². The van der Waals surface area contributed by atoms with Crippen LogP contribution in [0.1, 0.15) is 11.4 Å². The summed E-state index contributed by atoms with van der Waals surface area (Å²) < 4.78 is 10.7. The van der Waals surface area contributed by atoms with Crippen LogP contribution in [0.15, 0.2) is 33.6 Å². The van der Waals surface area contributed by atoms with Gasteiger partial charge in [0.05, 0.1) is 18.1 Å². The summed E-state index contributed by atoms with van der Waals surface area (Å²) in [6.45, 7) is 1.32. The second-order valence-corrected chi connectivity index (χ2v) is 4.27. The highest BCUT2D eigenvalue weighted by molar-refractivity contribution is 9.10. The molecule has 0 amide bonds. The molecule has 6 heteroatoms. The number of hydrogen-bond donors (Lipinski definition) is 1. The number of ether oxygens (including phenoxy) is 1. The summed E-state index contributed by atoms with van der Waals surface area (Å²) in [5.41, 5.74) is 1.15. The van der Waals surface area contributed by atoms with E-state index in [0.717, 1.165) is 22.3 Å². The van der Waals surface area contributed by atoms with E-state index in [0.29, 0.717) is 12.4 Å².